The maximum atomic E-state index is 12.9. The van der Waals surface area contributed by atoms with E-state index >= 15 is 0 Å². The van der Waals surface area contributed by atoms with E-state index in [0.717, 1.165) is 0 Å². The summed E-state index contributed by atoms with van der Waals surface area (Å²) in [5.74, 6) is -0.160. The standard InChI is InChI=1S/C17H25N3O4S/c1-14(21)15-6-4-7-16(12-15)25(23,24)20-9-5-8-19(10-11-20)13-17(22)18(2)3/h4,6-7,12H,5,8-11,13H2,1-3H3. The van der Waals surface area contributed by atoms with Crippen molar-refractivity contribution in [2.45, 2.75) is 18.2 Å². The van der Waals surface area contributed by atoms with Crippen molar-refractivity contribution in [2.24, 2.45) is 0 Å². The molecule has 1 heterocycles. The third kappa shape index (κ3) is 4.87. The van der Waals surface area contributed by atoms with Gasteiger partial charge in [-0.3, -0.25) is 14.5 Å². The maximum absolute atomic E-state index is 12.9. The van der Waals surface area contributed by atoms with Gasteiger partial charge in [0.25, 0.3) is 0 Å². The molecule has 1 saturated heterocycles. The molecule has 0 radical (unpaired) electrons. The highest BCUT2D eigenvalue weighted by Gasteiger charge is 2.27. The minimum Gasteiger partial charge on any atom is -0.348 e. The van der Waals surface area contributed by atoms with Crippen LogP contribution in [-0.2, 0) is 14.8 Å². The predicted octanol–water partition coefficient (Wildman–Crippen LogP) is 0.674. The molecule has 25 heavy (non-hydrogen) atoms. The molecule has 0 saturated carbocycles. The third-order valence-electron chi connectivity index (χ3n) is 4.28. The largest absolute Gasteiger partial charge is 0.348 e. The fourth-order valence-corrected chi connectivity index (χ4v) is 4.22. The number of carbonyl (C=O) groups excluding carboxylic acids is 2. The molecule has 138 valence electrons. The minimum atomic E-state index is -3.65. The molecule has 1 aliphatic heterocycles. The Morgan fingerprint density at radius 1 is 1.12 bits per heavy atom. The van der Waals surface area contributed by atoms with Gasteiger partial charge in [0, 0.05) is 39.3 Å². The topological polar surface area (TPSA) is 78.0 Å². The number of Topliss-reactive ketones (excluding diaryl/α,β-unsaturated/α-hetero) is 1. The molecule has 1 aromatic carbocycles. The van der Waals surface area contributed by atoms with Crippen molar-refractivity contribution in [2.75, 3.05) is 46.8 Å². The van der Waals surface area contributed by atoms with Crippen LogP contribution in [0.2, 0.25) is 0 Å². The van der Waals surface area contributed by atoms with Crippen LogP contribution in [0.15, 0.2) is 29.2 Å². The first-order chi connectivity index (χ1) is 11.7. The second kappa shape index (κ2) is 8.07. The van der Waals surface area contributed by atoms with E-state index in [1.54, 1.807) is 26.2 Å². The molecule has 2 rings (SSSR count). The molecular weight excluding hydrogens is 342 g/mol. The summed E-state index contributed by atoms with van der Waals surface area (Å²) >= 11 is 0. The lowest BCUT2D eigenvalue weighted by atomic mass is 10.2. The van der Waals surface area contributed by atoms with Gasteiger partial charge in [0.15, 0.2) is 5.78 Å². The lowest BCUT2D eigenvalue weighted by Gasteiger charge is -2.22. The van der Waals surface area contributed by atoms with Crippen molar-refractivity contribution in [1.29, 1.82) is 0 Å². The Labute approximate surface area is 149 Å². The first-order valence-corrected chi connectivity index (χ1v) is 9.69. The summed E-state index contributed by atoms with van der Waals surface area (Å²) in [4.78, 5) is 27.0. The SMILES string of the molecule is CC(=O)c1cccc(S(=O)(=O)N2CCCN(CC(=O)N(C)C)CC2)c1. The highest BCUT2D eigenvalue weighted by molar-refractivity contribution is 7.89. The molecule has 1 aromatic rings. The average molecular weight is 367 g/mol. The highest BCUT2D eigenvalue weighted by Crippen LogP contribution is 2.19. The molecule has 1 fully saturated rings. The molecule has 0 spiro atoms. The zero-order chi connectivity index (χ0) is 18.6. The zero-order valence-corrected chi connectivity index (χ0v) is 15.8. The Bertz CT molecular complexity index is 746. The first kappa shape index (κ1) is 19.6. The highest BCUT2D eigenvalue weighted by atomic mass is 32.2. The second-order valence-corrected chi connectivity index (χ2v) is 8.34. The molecular formula is C17H25N3O4S. The molecule has 0 aromatic heterocycles. The van der Waals surface area contributed by atoms with Gasteiger partial charge >= 0.3 is 0 Å². The molecule has 7 nitrogen and oxygen atoms in total. The van der Waals surface area contributed by atoms with Gasteiger partial charge in [0.05, 0.1) is 11.4 Å². The van der Waals surface area contributed by atoms with E-state index in [0.29, 0.717) is 44.7 Å². The van der Waals surface area contributed by atoms with Crippen molar-refractivity contribution < 1.29 is 18.0 Å². The Hall–Kier alpha value is -1.77. The summed E-state index contributed by atoms with van der Waals surface area (Å²) in [7, 11) is -0.236. The number of ketones is 1. The van der Waals surface area contributed by atoms with E-state index in [4.69, 9.17) is 0 Å². The molecule has 8 heteroatoms. The summed E-state index contributed by atoms with van der Waals surface area (Å²) < 4.78 is 27.2. The van der Waals surface area contributed by atoms with E-state index in [1.807, 2.05) is 4.90 Å². The van der Waals surface area contributed by atoms with Gasteiger partial charge in [-0.2, -0.15) is 4.31 Å². The van der Waals surface area contributed by atoms with Gasteiger partial charge in [-0.05, 0) is 32.0 Å². The lowest BCUT2D eigenvalue weighted by Crippen LogP contribution is -2.39. The van der Waals surface area contributed by atoms with E-state index in [2.05, 4.69) is 0 Å². The second-order valence-electron chi connectivity index (χ2n) is 6.41. The molecule has 0 bridgehead atoms. The molecule has 1 aliphatic rings. The number of sulfonamides is 1. The Morgan fingerprint density at radius 3 is 2.48 bits per heavy atom. The average Bonchev–Trinajstić information content (AvgIpc) is 2.81. The Kier molecular flexibility index (Phi) is 6.31. The number of hydrogen-bond donors (Lipinski definition) is 0. The van der Waals surface area contributed by atoms with Gasteiger partial charge in [-0.15, -0.1) is 0 Å². The first-order valence-electron chi connectivity index (χ1n) is 8.25. The zero-order valence-electron chi connectivity index (χ0n) is 14.9. The van der Waals surface area contributed by atoms with Gasteiger partial charge in [0.1, 0.15) is 0 Å². The summed E-state index contributed by atoms with van der Waals surface area (Å²) in [6.45, 7) is 3.62. The monoisotopic (exact) mass is 367 g/mol. The number of amides is 1. The summed E-state index contributed by atoms with van der Waals surface area (Å²) in [6.07, 6.45) is 0.659. The maximum Gasteiger partial charge on any atom is 0.243 e. The number of nitrogens with zero attached hydrogens (tertiary/aromatic N) is 3. The number of hydrogen-bond acceptors (Lipinski definition) is 5. The van der Waals surface area contributed by atoms with Crippen molar-refractivity contribution in [3.8, 4) is 0 Å². The van der Waals surface area contributed by atoms with Crippen LogP contribution in [0.3, 0.4) is 0 Å². The van der Waals surface area contributed by atoms with Crippen LogP contribution in [0.4, 0.5) is 0 Å². The Morgan fingerprint density at radius 2 is 1.84 bits per heavy atom. The normalized spacial score (nSPS) is 17.1. The number of carbonyl (C=O) groups is 2. The summed E-state index contributed by atoms with van der Waals surface area (Å²) in [5.41, 5.74) is 0.383. The molecule has 0 atom stereocenters. The van der Waals surface area contributed by atoms with E-state index in [1.165, 1.54) is 28.3 Å². The van der Waals surface area contributed by atoms with E-state index in [-0.39, 0.29) is 16.6 Å². The lowest BCUT2D eigenvalue weighted by molar-refractivity contribution is -0.129. The van der Waals surface area contributed by atoms with Crippen LogP contribution in [-0.4, -0.2) is 81.0 Å². The number of rotatable bonds is 5. The molecule has 0 unspecified atom stereocenters. The van der Waals surface area contributed by atoms with Crippen molar-refractivity contribution in [3.05, 3.63) is 29.8 Å². The van der Waals surface area contributed by atoms with Gasteiger partial charge in [-0.25, -0.2) is 8.42 Å². The van der Waals surface area contributed by atoms with Crippen LogP contribution in [0, 0.1) is 0 Å². The Balaban J connectivity index is 2.12. The number of likely N-dealkylation sites (N-methyl/N-ethyl adjacent to an activating group) is 1. The molecule has 0 aliphatic carbocycles. The van der Waals surface area contributed by atoms with Crippen LogP contribution in [0.1, 0.15) is 23.7 Å². The van der Waals surface area contributed by atoms with Crippen LogP contribution < -0.4 is 0 Å². The van der Waals surface area contributed by atoms with Crippen LogP contribution in [0.5, 0.6) is 0 Å². The smallest absolute Gasteiger partial charge is 0.243 e. The van der Waals surface area contributed by atoms with Crippen molar-refractivity contribution in [1.82, 2.24) is 14.1 Å². The number of benzene rings is 1. The van der Waals surface area contributed by atoms with Gasteiger partial charge in [-0.1, -0.05) is 12.1 Å². The van der Waals surface area contributed by atoms with E-state index < -0.39 is 10.0 Å². The third-order valence-corrected chi connectivity index (χ3v) is 6.18. The fraction of sp³-hybridized carbons (Fsp3) is 0.529. The molecule has 1 amide bonds. The summed E-state index contributed by atoms with van der Waals surface area (Å²) in [5, 5.41) is 0. The fourth-order valence-electron chi connectivity index (χ4n) is 2.70. The quantitative estimate of drug-likeness (QED) is 0.715. The summed E-state index contributed by atoms with van der Waals surface area (Å²) in [6, 6.07) is 6.14. The minimum absolute atomic E-state index is 0.00506. The van der Waals surface area contributed by atoms with E-state index in [9.17, 15) is 18.0 Å². The van der Waals surface area contributed by atoms with Crippen LogP contribution >= 0.6 is 0 Å². The van der Waals surface area contributed by atoms with Gasteiger partial charge in [0.2, 0.25) is 15.9 Å². The van der Waals surface area contributed by atoms with Crippen molar-refractivity contribution >= 4 is 21.7 Å². The molecule has 0 N–H and O–H groups in total. The van der Waals surface area contributed by atoms with Crippen molar-refractivity contribution in [3.63, 3.8) is 0 Å². The predicted molar refractivity (Wildman–Crippen MR) is 95.0 cm³/mol. The van der Waals surface area contributed by atoms with Gasteiger partial charge < -0.3 is 4.90 Å². The van der Waals surface area contributed by atoms with Crippen LogP contribution in [0.25, 0.3) is 0 Å².